The molecule has 1 aromatic rings. The fraction of sp³-hybridized carbons (Fsp3) is 0.647. The highest BCUT2D eigenvalue weighted by atomic mass is 16.5. The minimum atomic E-state index is -0.719. The molecule has 0 saturated heterocycles. The standard InChI is InChI=1S/C17H29NO3/c1-5-6-17(4,20)12-18-10-15(19)11-21-16-8-13(2)7-14(3)9-16/h7-9,15,18-20H,5-6,10-12H2,1-4H3. The van der Waals surface area contributed by atoms with E-state index in [4.69, 9.17) is 4.74 Å². The number of hydrogen-bond donors (Lipinski definition) is 3. The van der Waals surface area contributed by atoms with Crippen LogP contribution in [0.2, 0.25) is 0 Å². The monoisotopic (exact) mass is 295 g/mol. The third-order valence-corrected chi connectivity index (χ3v) is 3.31. The summed E-state index contributed by atoms with van der Waals surface area (Å²) in [5.41, 5.74) is 1.57. The lowest BCUT2D eigenvalue weighted by molar-refractivity contribution is 0.0427. The molecule has 1 rings (SSSR count). The van der Waals surface area contributed by atoms with Gasteiger partial charge in [0.2, 0.25) is 0 Å². The maximum absolute atomic E-state index is 10.0. The van der Waals surface area contributed by atoms with Gasteiger partial charge in [0.25, 0.3) is 0 Å². The Bertz CT molecular complexity index is 412. The predicted molar refractivity (Wildman–Crippen MR) is 85.8 cm³/mol. The SMILES string of the molecule is CCCC(C)(O)CNCC(O)COc1cc(C)cc(C)c1. The number of benzene rings is 1. The van der Waals surface area contributed by atoms with Crippen molar-refractivity contribution in [2.75, 3.05) is 19.7 Å². The Morgan fingerprint density at radius 1 is 1.24 bits per heavy atom. The zero-order valence-electron chi connectivity index (χ0n) is 13.6. The van der Waals surface area contributed by atoms with Crippen molar-refractivity contribution in [3.8, 4) is 5.75 Å². The first-order chi connectivity index (χ1) is 9.82. The molecule has 0 bridgehead atoms. The third kappa shape index (κ3) is 7.46. The first kappa shape index (κ1) is 18.0. The van der Waals surface area contributed by atoms with Gasteiger partial charge in [0.05, 0.1) is 5.60 Å². The Morgan fingerprint density at radius 2 is 1.86 bits per heavy atom. The van der Waals surface area contributed by atoms with Gasteiger partial charge < -0.3 is 20.3 Å². The van der Waals surface area contributed by atoms with Gasteiger partial charge in [-0.2, -0.15) is 0 Å². The van der Waals surface area contributed by atoms with E-state index in [0.717, 1.165) is 29.7 Å². The van der Waals surface area contributed by atoms with Crippen molar-refractivity contribution < 1.29 is 14.9 Å². The number of nitrogens with one attached hydrogen (secondary N) is 1. The number of aryl methyl sites for hydroxylation is 2. The molecule has 2 atom stereocenters. The van der Waals surface area contributed by atoms with E-state index >= 15 is 0 Å². The van der Waals surface area contributed by atoms with Gasteiger partial charge in [-0.25, -0.2) is 0 Å². The lowest BCUT2D eigenvalue weighted by Crippen LogP contribution is -2.41. The van der Waals surface area contributed by atoms with Crippen molar-refractivity contribution in [1.29, 1.82) is 0 Å². The van der Waals surface area contributed by atoms with E-state index in [1.54, 1.807) is 0 Å². The molecule has 0 fully saturated rings. The fourth-order valence-corrected chi connectivity index (χ4v) is 2.40. The zero-order valence-corrected chi connectivity index (χ0v) is 13.6. The molecular formula is C17H29NO3. The number of ether oxygens (including phenoxy) is 1. The summed E-state index contributed by atoms with van der Waals surface area (Å²) in [7, 11) is 0. The van der Waals surface area contributed by atoms with Crippen LogP contribution < -0.4 is 10.1 Å². The van der Waals surface area contributed by atoms with Gasteiger partial charge in [-0.15, -0.1) is 0 Å². The molecule has 21 heavy (non-hydrogen) atoms. The molecular weight excluding hydrogens is 266 g/mol. The van der Waals surface area contributed by atoms with Crippen molar-refractivity contribution in [3.05, 3.63) is 29.3 Å². The zero-order chi connectivity index (χ0) is 15.9. The van der Waals surface area contributed by atoms with Crippen LogP contribution >= 0.6 is 0 Å². The average molecular weight is 295 g/mol. The normalized spacial score (nSPS) is 15.5. The highest BCUT2D eigenvalue weighted by Gasteiger charge is 2.18. The first-order valence-corrected chi connectivity index (χ1v) is 7.64. The minimum absolute atomic E-state index is 0.242. The van der Waals surface area contributed by atoms with Crippen LogP contribution in [-0.2, 0) is 0 Å². The largest absolute Gasteiger partial charge is 0.491 e. The van der Waals surface area contributed by atoms with E-state index in [-0.39, 0.29) is 6.61 Å². The number of rotatable bonds is 9. The van der Waals surface area contributed by atoms with Gasteiger partial charge >= 0.3 is 0 Å². The van der Waals surface area contributed by atoms with E-state index in [1.807, 2.05) is 39.8 Å². The van der Waals surface area contributed by atoms with Gasteiger partial charge in [-0.1, -0.05) is 19.4 Å². The van der Waals surface area contributed by atoms with Crippen molar-refractivity contribution in [2.24, 2.45) is 0 Å². The smallest absolute Gasteiger partial charge is 0.119 e. The summed E-state index contributed by atoms with van der Waals surface area (Å²) in [5, 5.41) is 23.0. The molecule has 0 spiro atoms. The van der Waals surface area contributed by atoms with Gasteiger partial charge in [-0.05, 0) is 50.5 Å². The van der Waals surface area contributed by atoms with E-state index in [1.165, 1.54) is 0 Å². The van der Waals surface area contributed by atoms with E-state index < -0.39 is 11.7 Å². The third-order valence-electron chi connectivity index (χ3n) is 3.31. The van der Waals surface area contributed by atoms with Crippen LogP contribution in [0.4, 0.5) is 0 Å². The van der Waals surface area contributed by atoms with Crippen LogP contribution in [0, 0.1) is 13.8 Å². The molecule has 0 saturated carbocycles. The molecule has 0 aliphatic rings. The van der Waals surface area contributed by atoms with Crippen LogP contribution in [0.15, 0.2) is 18.2 Å². The Labute approximate surface area is 128 Å². The van der Waals surface area contributed by atoms with Gasteiger partial charge in [0.1, 0.15) is 18.5 Å². The second-order valence-electron chi connectivity index (χ2n) is 6.17. The Balaban J connectivity index is 2.29. The van der Waals surface area contributed by atoms with Gasteiger partial charge in [-0.3, -0.25) is 0 Å². The van der Waals surface area contributed by atoms with Crippen LogP contribution in [0.5, 0.6) is 5.75 Å². The Hall–Kier alpha value is -1.10. The van der Waals surface area contributed by atoms with Crippen LogP contribution in [-0.4, -0.2) is 41.6 Å². The molecule has 4 heteroatoms. The summed E-state index contributed by atoms with van der Waals surface area (Å²) in [6.45, 7) is 9.02. The quantitative estimate of drug-likeness (QED) is 0.653. The summed E-state index contributed by atoms with van der Waals surface area (Å²) < 4.78 is 5.61. The first-order valence-electron chi connectivity index (χ1n) is 7.64. The fourth-order valence-electron chi connectivity index (χ4n) is 2.40. The molecule has 3 N–H and O–H groups in total. The lowest BCUT2D eigenvalue weighted by atomic mass is 10.0. The van der Waals surface area contributed by atoms with Crippen molar-refractivity contribution >= 4 is 0 Å². The second kappa shape index (κ2) is 8.37. The van der Waals surface area contributed by atoms with E-state index in [2.05, 4.69) is 11.4 Å². The number of hydrogen-bond acceptors (Lipinski definition) is 4. The Kier molecular flexibility index (Phi) is 7.15. The summed E-state index contributed by atoms with van der Waals surface area (Å²) in [6.07, 6.45) is 1.09. The maximum atomic E-state index is 10.0. The summed E-state index contributed by atoms with van der Waals surface area (Å²) >= 11 is 0. The van der Waals surface area contributed by atoms with Crippen LogP contribution in [0.1, 0.15) is 37.8 Å². The maximum Gasteiger partial charge on any atom is 0.119 e. The average Bonchev–Trinajstić information content (AvgIpc) is 2.35. The van der Waals surface area contributed by atoms with E-state index in [9.17, 15) is 10.2 Å². The summed E-state index contributed by atoms with van der Waals surface area (Å²) in [5.74, 6) is 0.782. The van der Waals surface area contributed by atoms with Crippen LogP contribution in [0.3, 0.4) is 0 Å². The minimum Gasteiger partial charge on any atom is -0.491 e. The molecule has 0 aliphatic heterocycles. The Morgan fingerprint density at radius 3 is 2.43 bits per heavy atom. The highest BCUT2D eigenvalue weighted by Crippen LogP contribution is 2.16. The molecule has 120 valence electrons. The summed E-state index contributed by atoms with van der Waals surface area (Å²) in [6, 6.07) is 6.00. The van der Waals surface area contributed by atoms with Crippen LogP contribution in [0.25, 0.3) is 0 Å². The van der Waals surface area contributed by atoms with Crippen molar-refractivity contribution in [1.82, 2.24) is 5.32 Å². The topological polar surface area (TPSA) is 61.7 Å². The number of aliphatic hydroxyl groups is 2. The van der Waals surface area contributed by atoms with Crippen molar-refractivity contribution in [2.45, 2.75) is 52.2 Å². The van der Waals surface area contributed by atoms with Crippen molar-refractivity contribution in [3.63, 3.8) is 0 Å². The molecule has 0 amide bonds. The summed E-state index contributed by atoms with van der Waals surface area (Å²) in [4.78, 5) is 0. The lowest BCUT2D eigenvalue weighted by Gasteiger charge is -2.24. The number of aliphatic hydroxyl groups excluding tert-OH is 1. The highest BCUT2D eigenvalue weighted by molar-refractivity contribution is 5.32. The molecule has 0 heterocycles. The van der Waals surface area contributed by atoms with E-state index in [0.29, 0.717) is 13.1 Å². The molecule has 2 unspecified atom stereocenters. The molecule has 0 aliphatic carbocycles. The molecule has 0 aromatic heterocycles. The molecule has 4 nitrogen and oxygen atoms in total. The second-order valence-corrected chi connectivity index (χ2v) is 6.17. The van der Waals surface area contributed by atoms with Gasteiger partial charge in [0, 0.05) is 13.1 Å². The van der Waals surface area contributed by atoms with Gasteiger partial charge in [0.15, 0.2) is 0 Å². The molecule has 1 aromatic carbocycles. The predicted octanol–water partition coefficient (Wildman–Crippen LogP) is 2.18. The molecule has 0 radical (unpaired) electrons.